The third kappa shape index (κ3) is 6.83. The number of nitrogens with one attached hydrogen (secondary N) is 3. The summed E-state index contributed by atoms with van der Waals surface area (Å²) in [6, 6.07) is 12.9. The van der Waals surface area contributed by atoms with E-state index in [9.17, 15) is 13.2 Å². The molecule has 0 bridgehead atoms. The van der Waals surface area contributed by atoms with Crippen molar-refractivity contribution in [1.29, 1.82) is 0 Å². The Morgan fingerprint density at radius 1 is 0.947 bits per heavy atom. The number of esters is 1. The number of thiophene rings is 1. The summed E-state index contributed by atoms with van der Waals surface area (Å²) in [5.74, 6) is 0.297. The largest absolute Gasteiger partial charge is 0.497 e. The number of carbonyl (C=O) groups is 1. The number of rotatable bonds is 8. The Kier molecular flexibility index (Phi) is 9.24. The van der Waals surface area contributed by atoms with Crippen molar-refractivity contribution < 1.29 is 22.7 Å². The second-order valence-corrected chi connectivity index (χ2v) is 12.0. The van der Waals surface area contributed by atoms with Gasteiger partial charge in [0.05, 0.1) is 24.2 Å². The van der Waals surface area contributed by atoms with Crippen LogP contribution in [0.2, 0.25) is 0 Å². The molecule has 0 saturated carbocycles. The van der Waals surface area contributed by atoms with Gasteiger partial charge in [-0.2, -0.15) is 0 Å². The topological polar surface area (TPSA) is 106 Å². The Bertz CT molecular complexity index is 1380. The monoisotopic (exact) mass is 573 g/mol. The number of hydrogen-bond donors (Lipinski definition) is 3. The minimum absolute atomic E-state index is 0.111. The summed E-state index contributed by atoms with van der Waals surface area (Å²) in [4.78, 5) is 14.2. The predicted molar refractivity (Wildman–Crippen MR) is 156 cm³/mol. The van der Waals surface area contributed by atoms with E-state index in [0.717, 1.165) is 37.7 Å². The minimum Gasteiger partial charge on any atom is -0.497 e. The summed E-state index contributed by atoms with van der Waals surface area (Å²) in [7, 11) is -2.23. The summed E-state index contributed by atoms with van der Waals surface area (Å²) in [5, 5.41) is 7.24. The first-order valence-electron chi connectivity index (χ1n) is 12.5. The van der Waals surface area contributed by atoms with Crippen LogP contribution in [0.25, 0.3) is 0 Å². The molecule has 3 N–H and O–H groups in total. The van der Waals surface area contributed by atoms with Crippen molar-refractivity contribution in [3.63, 3.8) is 0 Å². The number of hydrogen-bond acceptors (Lipinski definition) is 7. The van der Waals surface area contributed by atoms with Gasteiger partial charge in [0.25, 0.3) is 10.0 Å². The van der Waals surface area contributed by atoms with Crippen LogP contribution in [0.5, 0.6) is 5.75 Å². The van der Waals surface area contributed by atoms with E-state index in [1.54, 1.807) is 61.8 Å². The average Bonchev–Trinajstić information content (AvgIpc) is 3.20. The molecule has 0 radical (unpaired) electrons. The summed E-state index contributed by atoms with van der Waals surface area (Å²) >= 11 is 7.08. The van der Waals surface area contributed by atoms with E-state index in [-0.39, 0.29) is 10.9 Å². The van der Waals surface area contributed by atoms with Gasteiger partial charge in [0.15, 0.2) is 5.11 Å². The number of ether oxygens (including phenoxy) is 2. The number of fused-ring (bicyclic) bond motifs is 1. The second-order valence-electron chi connectivity index (χ2n) is 8.78. The molecule has 0 spiro atoms. The van der Waals surface area contributed by atoms with Gasteiger partial charge in [-0.15, -0.1) is 11.3 Å². The van der Waals surface area contributed by atoms with E-state index in [1.807, 2.05) is 0 Å². The highest BCUT2D eigenvalue weighted by Gasteiger charge is 2.26. The smallest absolute Gasteiger partial charge is 0.341 e. The Balaban J connectivity index is 1.46. The maximum Gasteiger partial charge on any atom is 0.341 e. The molecule has 0 atom stereocenters. The molecule has 0 unspecified atom stereocenters. The molecule has 4 rings (SSSR count). The molecule has 1 heterocycles. The fourth-order valence-corrected chi connectivity index (χ4v) is 6.91. The molecule has 1 aromatic heterocycles. The molecule has 0 fully saturated rings. The molecular weight excluding hydrogens is 543 g/mol. The van der Waals surface area contributed by atoms with Crippen LogP contribution in [0.15, 0.2) is 53.4 Å². The average molecular weight is 574 g/mol. The van der Waals surface area contributed by atoms with Crippen molar-refractivity contribution in [1.82, 2.24) is 0 Å². The quantitative estimate of drug-likeness (QED) is 0.216. The van der Waals surface area contributed by atoms with Crippen LogP contribution in [-0.2, 0) is 27.6 Å². The lowest BCUT2D eigenvalue weighted by Crippen LogP contribution is -2.20. The van der Waals surface area contributed by atoms with Crippen molar-refractivity contribution in [2.75, 3.05) is 29.1 Å². The summed E-state index contributed by atoms with van der Waals surface area (Å²) < 4.78 is 38.6. The first-order chi connectivity index (χ1) is 18.3. The first-order valence-corrected chi connectivity index (χ1v) is 15.2. The molecule has 0 aliphatic heterocycles. The Morgan fingerprint density at radius 2 is 1.61 bits per heavy atom. The van der Waals surface area contributed by atoms with Crippen LogP contribution in [0.1, 0.15) is 53.4 Å². The number of thiocarbonyl (C=S) groups is 1. The lowest BCUT2D eigenvalue weighted by molar-refractivity contribution is 0.0526. The minimum atomic E-state index is -3.77. The molecule has 1 aliphatic carbocycles. The Labute approximate surface area is 232 Å². The predicted octanol–water partition coefficient (Wildman–Crippen LogP) is 6.20. The lowest BCUT2D eigenvalue weighted by atomic mass is 9.96. The fourth-order valence-electron chi connectivity index (χ4n) is 4.28. The maximum absolute atomic E-state index is 12.8. The zero-order chi connectivity index (χ0) is 27.1. The van der Waals surface area contributed by atoms with Crippen molar-refractivity contribution in [2.24, 2.45) is 0 Å². The van der Waals surface area contributed by atoms with Gasteiger partial charge in [0.2, 0.25) is 0 Å². The van der Waals surface area contributed by atoms with Crippen LogP contribution in [-0.4, -0.2) is 33.2 Å². The van der Waals surface area contributed by atoms with Crippen LogP contribution < -0.4 is 20.1 Å². The molecule has 1 aliphatic rings. The second kappa shape index (κ2) is 12.6. The van der Waals surface area contributed by atoms with Crippen molar-refractivity contribution in [3.05, 3.63) is 64.5 Å². The van der Waals surface area contributed by atoms with E-state index in [0.29, 0.717) is 39.4 Å². The highest BCUT2D eigenvalue weighted by molar-refractivity contribution is 7.92. The molecule has 3 aromatic rings. The normalized spacial score (nSPS) is 13.4. The molecule has 38 heavy (non-hydrogen) atoms. The number of aryl methyl sites for hydroxylation is 1. The number of benzene rings is 2. The highest BCUT2D eigenvalue weighted by Crippen LogP contribution is 2.37. The lowest BCUT2D eigenvalue weighted by Gasteiger charge is -2.13. The van der Waals surface area contributed by atoms with Crippen LogP contribution >= 0.6 is 23.6 Å². The standard InChI is InChI=1S/C27H31N3O5S3/c1-3-35-26(31)24-22-8-6-4-5-7-9-23(22)37-25(24)29-27(36)28-18-12-16-21(17-13-18)38(32,33)30-19-10-14-20(34-2)15-11-19/h10-17,30H,3-9H2,1-2H3,(H2,28,29,36). The number of carbonyl (C=O) groups excluding carboxylic acids is 1. The number of anilines is 3. The summed E-state index contributed by atoms with van der Waals surface area (Å²) in [5.41, 5.74) is 2.68. The van der Waals surface area contributed by atoms with Gasteiger partial charge in [0.1, 0.15) is 10.8 Å². The maximum atomic E-state index is 12.8. The molecule has 11 heteroatoms. The SMILES string of the molecule is CCOC(=O)c1c(NC(=S)Nc2ccc(S(=O)(=O)Nc3ccc(OC)cc3)cc2)sc2c1CCCCCC2. The summed E-state index contributed by atoms with van der Waals surface area (Å²) in [6.07, 6.45) is 6.27. The molecule has 8 nitrogen and oxygen atoms in total. The van der Waals surface area contributed by atoms with E-state index < -0.39 is 10.0 Å². The van der Waals surface area contributed by atoms with Gasteiger partial charge in [-0.25, -0.2) is 13.2 Å². The zero-order valence-corrected chi connectivity index (χ0v) is 23.8. The van der Waals surface area contributed by atoms with Gasteiger partial charge >= 0.3 is 5.97 Å². The molecular formula is C27H31N3O5S3. The van der Waals surface area contributed by atoms with Crippen LogP contribution in [0.3, 0.4) is 0 Å². The van der Waals surface area contributed by atoms with Crippen molar-refractivity contribution in [2.45, 2.75) is 50.3 Å². The van der Waals surface area contributed by atoms with Gasteiger partial charge in [-0.3, -0.25) is 4.72 Å². The third-order valence-corrected chi connectivity index (χ3v) is 8.95. The number of methoxy groups -OCH3 is 1. The number of sulfonamides is 1. The highest BCUT2D eigenvalue weighted by atomic mass is 32.2. The van der Waals surface area contributed by atoms with Crippen molar-refractivity contribution >= 4 is 61.0 Å². The molecule has 0 saturated heterocycles. The van der Waals surface area contributed by atoms with E-state index in [1.165, 1.54) is 23.4 Å². The van der Waals surface area contributed by atoms with E-state index >= 15 is 0 Å². The van der Waals surface area contributed by atoms with E-state index in [2.05, 4.69) is 15.4 Å². The molecule has 0 amide bonds. The molecule has 202 valence electrons. The van der Waals surface area contributed by atoms with E-state index in [4.69, 9.17) is 21.7 Å². The van der Waals surface area contributed by atoms with Gasteiger partial charge in [0, 0.05) is 16.3 Å². The zero-order valence-electron chi connectivity index (χ0n) is 21.3. The first kappa shape index (κ1) is 27.9. The van der Waals surface area contributed by atoms with Crippen LogP contribution in [0, 0.1) is 0 Å². The van der Waals surface area contributed by atoms with Crippen molar-refractivity contribution in [3.8, 4) is 5.75 Å². The Morgan fingerprint density at radius 3 is 2.26 bits per heavy atom. The fraction of sp³-hybridized carbons (Fsp3) is 0.333. The third-order valence-electron chi connectivity index (χ3n) is 6.14. The van der Waals surface area contributed by atoms with Gasteiger partial charge in [-0.05, 0) is 98.9 Å². The molecule has 2 aromatic carbocycles. The van der Waals surface area contributed by atoms with Crippen LogP contribution in [0.4, 0.5) is 16.4 Å². The Hall–Kier alpha value is -3.15. The van der Waals surface area contributed by atoms with Gasteiger partial charge in [-0.1, -0.05) is 12.8 Å². The van der Waals surface area contributed by atoms with Gasteiger partial charge < -0.3 is 20.1 Å². The summed E-state index contributed by atoms with van der Waals surface area (Å²) in [6.45, 7) is 2.10.